The molecule has 0 bridgehead atoms. The first-order valence-corrected chi connectivity index (χ1v) is 8.19. The lowest BCUT2D eigenvalue weighted by atomic mass is 9.96. The average Bonchev–Trinajstić information content (AvgIpc) is 2.44. The maximum absolute atomic E-state index is 12.5. The van der Waals surface area contributed by atoms with E-state index in [-0.39, 0.29) is 22.6 Å². The summed E-state index contributed by atoms with van der Waals surface area (Å²) in [7, 11) is -3.91. The van der Waals surface area contributed by atoms with Gasteiger partial charge in [-0.1, -0.05) is 19.9 Å². The number of rotatable bonds is 7. The fourth-order valence-corrected chi connectivity index (χ4v) is 3.93. The minimum atomic E-state index is -3.91. The maximum Gasteiger partial charge on any atom is 0.335 e. The Kier molecular flexibility index (Phi) is 5.49. The average molecular weight is 315 g/mol. The van der Waals surface area contributed by atoms with Crippen molar-refractivity contribution in [1.82, 2.24) is 4.72 Å². The van der Waals surface area contributed by atoms with E-state index in [2.05, 4.69) is 4.72 Å². The summed E-state index contributed by atoms with van der Waals surface area (Å²) in [5, 5.41) is 18.5. The normalized spacial score (nSPS) is 12.4. The van der Waals surface area contributed by atoms with E-state index in [0.717, 1.165) is 0 Å². The van der Waals surface area contributed by atoms with Crippen LogP contribution in [-0.4, -0.2) is 36.7 Å². The molecule has 0 aliphatic rings. The molecule has 0 fully saturated rings. The van der Waals surface area contributed by atoms with E-state index < -0.39 is 21.5 Å². The molecule has 1 rings (SSSR count). The highest BCUT2D eigenvalue weighted by Crippen LogP contribution is 2.23. The molecule has 0 amide bonds. The lowest BCUT2D eigenvalue weighted by molar-refractivity contribution is 0.0696. The van der Waals surface area contributed by atoms with Crippen molar-refractivity contribution in [2.24, 2.45) is 0 Å². The van der Waals surface area contributed by atoms with Gasteiger partial charge in [0.2, 0.25) is 10.0 Å². The van der Waals surface area contributed by atoms with E-state index in [4.69, 9.17) is 5.11 Å². The summed E-state index contributed by atoms with van der Waals surface area (Å²) < 4.78 is 27.5. The number of nitrogens with one attached hydrogen (secondary N) is 1. The quantitative estimate of drug-likeness (QED) is 0.708. The second kappa shape index (κ2) is 6.55. The van der Waals surface area contributed by atoms with Crippen LogP contribution in [-0.2, 0) is 10.0 Å². The number of benzene rings is 1. The molecule has 0 aromatic heterocycles. The summed E-state index contributed by atoms with van der Waals surface area (Å²) in [5.41, 5.74) is -0.818. The van der Waals surface area contributed by atoms with E-state index >= 15 is 0 Å². The van der Waals surface area contributed by atoms with Gasteiger partial charge in [-0.05, 0) is 37.5 Å². The molecule has 21 heavy (non-hydrogen) atoms. The molecule has 1 aromatic rings. The van der Waals surface area contributed by atoms with Gasteiger partial charge in [0.25, 0.3) is 0 Å². The highest BCUT2D eigenvalue weighted by Gasteiger charge is 2.32. The maximum atomic E-state index is 12.5. The molecule has 1 aromatic carbocycles. The molecule has 6 nitrogen and oxygen atoms in total. The Hall–Kier alpha value is -1.44. The predicted molar refractivity (Wildman–Crippen MR) is 78.9 cm³/mol. The molecule has 3 N–H and O–H groups in total. The van der Waals surface area contributed by atoms with Crippen LogP contribution in [0.4, 0.5) is 0 Å². The summed E-state index contributed by atoms with van der Waals surface area (Å²) in [6, 6.07) is 4.11. The molecule has 0 saturated carbocycles. The van der Waals surface area contributed by atoms with E-state index in [1.165, 1.54) is 25.1 Å². The van der Waals surface area contributed by atoms with Crippen LogP contribution in [0.1, 0.15) is 42.6 Å². The van der Waals surface area contributed by atoms with Gasteiger partial charge in [-0.3, -0.25) is 0 Å². The van der Waals surface area contributed by atoms with Crippen molar-refractivity contribution in [2.45, 2.75) is 44.0 Å². The molecule has 0 unspecified atom stereocenters. The first-order chi connectivity index (χ1) is 9.73. The lowest BCUT2D eigenvalue weighted by Gasteiger charge is -2.30. The monoisotopic (exact) mass is 315 g/mol. The summed E-state index contributed by atoms with van der Waals surface area (Å²) >= 11 is 0. The zero-order valence-corrected chi connectivity index (χ0v) is 13.2. The molecule has 0 atom stereocenters. The van der Waals surface area contributed by atoms with Gasteiger partial charge in [-0.15, -0.1) is 0 Å². The van der Waals surface area contributed by atoms with Crippen molar-refractivity contribution in [3.63, 3.8) is 0 Å². The number of aliphatic hydroxyl groups excluding tert-OH is 1. The SMILES string of the molecule is CCC(CC)(CO)NS(=O)(=O)c1cccc(C(=O)O)c1C. The number of aliphatic hydroxyl groups is 1. The van der Waals surface area contributed by atoms with Crippen molar-refractivity contribution < 1.29 is 23.4 Å². The van der Waals surface area contributed by atoms with Crippen molar-refractivity contribution in [3.05, 3.63) is 29.3 Å². The van der Waals surface area contributed by atoms with Crippen molar-refractivity contribution in [1.29, 1.82) is 0 Å². The highest BCUT2D eigenvalue weighted by molar-refractivity contribution is 7.89. The zero-order valence-electron chi connectivity index (χ0n) is 12.4. The largest absolute Gasteiger partial charge is 0.478 e. The fraction of sp³-hybridized carbons (Fsp3) is 0.500. The standard InChI is InChI=1S/C14H21NO5S/c1-4-14(5-2,9-16)15-21(19,20)12-8-6-7-11(10(12)3)13(17)18/h6-8,15-16H,4-5,9H2,1-3H3,(H,17,18). The van der Waals surface area contributed by atoms with Gasteiger partial charge >= 0.3 is 5.97 Å². The first kappa shape index (κ1) is 17.6. The number of carboxylic acids is 1. The second-order valence-corrected chi connectivity index (χ2v) is 6.64. The van der Waals surface area contributed by atoms with Gasteiger partial charge in [0.1, 0.15) is 0 Å². The third-order valence-electron chi connectivity index (χ3n) is 3.81. The van der Waals surface area contributed by atoms with Crippen LogP contribution in [0.5, 0.6) is 0 Å². The smallest absolute Gasteiger partial charge is 0.335 e. The Morgan fingerprint density at radius 1 is 1.29 bits per heavy atom. The minimum absolute atomic E-state index is 0.0551. The Bertz CT molecular complexity index is 612. The van der Waals surface area contributed by atoms with E-state index in [1.807, 2.05) is 0 Å². The van der Waals surface area contributed by atoms with Gasteiger partial charge in [-0.2, -0.15) is 0 Å². The van der Waals surface area contributed by atoms with Crippen molar-refractivity contribution in [2.75, 3.05) is 6.61 Å². The number of carbonyl (C=O) groups is 1. The van der Waals surface area contributed by atoms with Crippen LogP contribution >= 0.6 is 0 Å². The van der Waals surface area contributed by atoms with Gasteiger partial charge in [-0.25, -0.2) is 17.9 Å². The minimum Gasteiger partial charge on any atom is -0.478 e. The lowest BCUT2D eigenvalue weighted by Crippen LogP contribution is -2.50. The topological polar surface area (TPSA) is 104 Å². The summed E-state index contributed by atoms with van der Waals surface area (Å²) in [5.74, 6) is -1.18. The Balaban J connectivity index is 3.33. The van der Waals surface area contributed by atoms with Crippen LogP contribution in [0, 0.1) is 6.92 Å². The molecule has 0 aliphatic heterocycles. The number of carboxylic acid groups (broad SMARTS) is 1. The van der Waals surface area contributed by atoms with Crippen molar-refractivity contribution in [3.8, 4) is 0 Å². The van der Waals surface area contributed by atoms with Gasteiger partial charge in [0.15, 0.2) is 0 Å². The highest BCUT2D eigenvalue weighted by atomic mass is 32.2. The molecular weight excluding hydrogens is 294 g/mol. The van der Waals surface area contributed by atoms with Crippen LogP contribution in [0.2, 0.25) is 0 Å². The molecule has 7 heteroatoms. The molecule has 0 heterocycles. The first-order valence-electron chi connectivity index (χ1n) is 6.70. The molecule has 0 spiro atoms. The number of hydrogen-bond donors (Lipinski definition) is 3. The molecule has 118 valence electrons. The molecule has 0 saturated heterocycles. The van der Waals surface area contributed by atoms with E-state index in [0.29, 0.717) is 12.8 Å². The zero-order chi connectivity index (χ0) is 16.3. The summed E-state index contributed by atoms with van der Waals surface area (Å²) in [6.07, 6.45) is 0.855. The van der Waals surface area contributed by atoms with Gasteiger partial charge in [0.05, 0.1) is 22.6 Å². The second-order valence-electron chi connectivity index (χ2n) is 4.98. The fourth-order valence-electron chi connectivity index (χ4n) is 2.13. The molecular formula is C14H21NO5S. The van der Waals surface area contributed by atoms with Crippen LogP contribution in [0.3, 0.4) is 0 Å². The number of aromatic carboxylic acids is 1. The van der Waals surface area contributed by atoms with E-state index in [1.54, 1.807) is 13.8 Å². The third kappa shape index (κ3) is 3.61. The Labute approximate surface area is 124 Å². The number of hydrogen-bond acceptors (Lipinski definition) is 4. The third-order valence-corrected chi connectivity index (χ3v) is 5.53. The predicted octanol–water partition coefficient (Wildman–Crippen LogP) is 1.52. The van der Waals surface area contributed by atoms with Gasteiger partial charge < -0.3 is 10.2 Å². The molecule has 0 aliphatic carbocycles. The van der Waals surface area contributed by atoms with E-state index in [9.17, 15) is 18.3 Å². The van der Waals surface area contributed by atoms with Crippen molar-refractivity contribution >= 4 is 16.0 Å². The number of sulfonamides is 1. The van der Waals surface area contributed by atoms with Crippen LogP contribution in [0.25, 0.3) is 0 Å². The summed E-state index contributed by atoms with van der Waals surface area (Å²) in [4.78, 5) is 11.0. The Morgan fingerprint density at radius 2 is 1.86 bits per heavy atom. The Morgan fingerprint density at radius 3 is 2.29 bits per heavy atom. The molecule has 0 radical (unpaired) electrons. The van der Waals surface area contributed by atoms with Crippen LogP contribution in [0.15, 0.2) is 23.1 Å². The van der Waals surface area contributed by atoms with Gasteiger partial charge in [0, 0.05) is 0 Å². The summed E-state index contributed by atoms with van der Waals surface area (Å²) in [6.45, 7) is 4.69. The van der Waals surface area contributed by atoms with Crippen LogP contribution < -0.4 is 4.72 Å².